The third-order valence-electron chi connectivity index (χ3n) is 3.03. The fourth-order valence-corrected chi connectivity index (χ4v) is 2.32. The zero-order valence-electron chi connectivity index (χ0n) is 9.99. The van der Waals surface area contributed by atoms with Crippen LogP contribution < -0.4 is 5.32 Å². The highest BCUT2D eigenvalue weighted by atomic mass is 35.5. The van der Waals surface area contributed by atoms with Crippen molar-refractivity contribution < 1.29 is 10.0 Å². The van der Waals surface area contributed by atoms with Gasteiger partial charge in [-0.1, -0.05) is 23.8 Å². The molecule has 19 heavy (non-hydrogen) atoms. The number of nitro groups is 1. The molecule has 1 aliphatic carbocycles. The molecular weight excluding hydrogens is 272 g/mol. The smallest absolute Gasteiger partial charge is 0.348 e. The summed E-state index contributed by atoms with van der Waals surface area (Å²) in [6.07, 6.45) is 6.47. The number of hydrogen-bond acceptors (Lipinski definition) is 6. The number of hydrogen-bond donors (Lipinski definition) is 2. The van der Waals surface area contributed by atoms with Crippen molar-refractivity contribution in [2.45, 2.75) is 18.9 Å². The van der Waals surface area contributed by atoms with E-state index in [1.165, 1.54) is 6.33 Å². The normalized spacial score (nSPS) is 21.6. The van der Waals surface area contributed by atoms with Crippen molar-refractivity contribution in [1.29, 1.82) is 0 Å². The van der Waals surface area contributed by atoms with E-state index in [4.69, 9.17) is 16.7 Å². The van der Waals surface area contributed by atoms with Crippen LogP contribution in [0, 0.1) is 16.0 Å². The molecule has 0 aromatic carbocycles. The second-order valence-electron chi connectivity index (χ2n) is 4.21. The van der Waals surface area contributed by atoms with E-state index >= 15 is 0 Å². The van der Waals surface area contributed by atoms with Crippen LogP contribution in [-0.4, -0.2) is 32.6 Å². The van der Waals surface area contributed by atoms with Crippen LogP contribution in [0.15, 0.2) is 18.5 Å². The highest BCUT2D eigenvalue weighted by Gasteiger charge is 2.27. The van der Waals surface area contributed by atoms with Crippen LogP contribution in [-0.2, 0) is 0 Å². The van der Waals surface area contributed by atoms with Crippen LogP contribution in [0.1, 0.15) is 12.8 Å². The topological polar surface area (TPSA) is 101 Å². The van der Waals surface area contributed by atoms with Crippen molar-refractivity contribution in [2.24, 2.45) is 5.92 Å². The minimum Gasteiger partial charge on any atom is -0.396 e. The maximum Gasteiger partial charge on any atom is 0.348 e. The summed E-state index contributed by atoms with van der Waals surface area (Å²) >= 11 is 5.72. The number of rotatable bonds is 5. The van der Waals surface area contributed by atoms with E-state index in [9.17, 15) is 10.1 Å². The van der Waals surface area contributed by atoms with Gasteiger partial charge in [0.25, 0.3) is 0 Å². The molecule has 0 aliphatic heterocycles. The van der Waals surface area contributed by atoms with Gasteiger partial charge in [-0.15, -0.1) is 0 Å². The summed E-state index contributed by atoms with van der Waals surface area (Å²) < 4.78 is 0. The van der Waals surface area contributed by atoms with Gasteiger partial charge < -0.3 is 10.4 Å². The summed E-state index contributed by atoms with van der Waals surface area (Å²) in [5, 5.41) is 22.8. The summed E-state index contributed by atoms with van der Waals surface area (Å²) in [5.41, 5.74) is -0.321. The molecular formula is C11H13ClN4O3. The Balaban J connectivity index is 2.20. The molecule has 0 spiro atoms. The third-order valence-corrected chi connectivity index (χ3v) is 3.31. The molecule has 0 radical (unpaired) electrons. The molecule has 0 amide bonds. The van der Waals surface area contributed by atoms with E-state index in [1.807, 2.05) is 12.2 Å². The van der Waals surface area contributed by atoms with Crippen LogP contribution in [0.5, 0.6) is 0 Å². The fraction of sp³-hybridized carbons (Fsp3) is 0.455. The first-order valence-electron chi connectivity index (χ1n) is 5.82. The van der Waals surface area contributed by atoms with Gasteiger partial charge in [0.05, 0.1) is 4.92 Å². The largest absolute Gasteiger partial charge is 0.396 e. The molecule has 2 rings (SSSR count). The lowest BCUT2D eigenvalue weighted by Gasteiger charge is -2.20. The molecule has 1 heterocycles. The maximum atomic E-state index is 11.0. The Labute approximate surface area is 114 Å². The van der Waals surface area contributed by atoms with E-state index in [2.05, 4.69) is 15.3 Å². The number of nitrogens with zero attached hydrogens (tertiary/aromatic N) is 3. The molecule has 7 nitrogen and oxygen atoms in total. The van der Waals surface area contributed by atoms with Crippen LogP contribution in [0.25, 0.3) is 0 Å². The lowest BCUT2D eigenvalue weighted by atomic mass is 10.0. The molecule has 0 fully saturated rings. The van der Waals surface area contributed by atoms with Crippen LogP contribution in [0.2, 0.25) is 5.15 Å². The highest BCUT2D eigenvalue weighted by molar-refractivity contribution is 6.31. The third kappa shape index (κ3) is 2.99. The number of anilines is 1. The molecule has 0 bridgehead atoms. The molecule has 1 aromatic rings. The standard InChI is InChI=1S/C11H13ClN4O3/c12-10-9(16(18)19)11(14-6-13-10)15-8-3-1-2-7(8)4-5-17/h1-2,6-8,17H,3-5H2,(H,13,14,15)/t7-,8+/m1/s1. The Morgan fingerprint density at radius 1 is 1.58 bits per heavy atom. The first-order chi connectivity index (χ1) is 9.13. The Morgan fingerprint density at radius 3 is 3.05 bits per heavy atom. The second kappa shape index (κ2) is 5.94. The number of halogens is 1. The van der Waals surface area contributed by atoms with Gasteiger partial charge in [0.15, 0.2) is 0 Å². The Morgan fingerprint density at radius 2 is 2.37 bits per heavy atom. The summed E-state index contributed by atoms with van der Waals surface area (Å²) in [7, 11) is 0. The van der Waals surface area contributed by atoms with Crippen molar-refractivity contribution in [3.63, 3.8) is 0 Å². The second-order valence-corrected chi connectivity index (χ2v) is 4.57. The highest BCUT2D eigenvalue weighted by Crippen LogP contribution is 2.32. The van der Waals surface area contributed by atoms with E-state index in [0.717, 1.165) is 6.42 Å². The summed E-state index contributed by atoms with van der Waals surface area (Å²) in [6.45, 7) is 0.0693. The van der Waals surface area contributed by atoms with E-state index in [1.54, 1.807) is 0 Å². The number of aromatic nitrogens is 2. The Kier molecular flexibility index (Phi) is 4.28. The average Bonchev–Trinajstić information content (AvgIpc) is 2.77. The number of aliphatic hydroxyl groups excluding tert-OH is 1. The van der Waals surface area contributed by atoms with Crippen molar-refractivity contribution >= 4 is 23.1 Å². The van der Waals surface area contributed by atoms with Gasteiger partial charge in [0.1, 0.15) is 6.33 Å². The van der Waals surface area contributed by atoms with Gasteiger partial charge >= 0.3 is 5.69 Å². The molecule has 1 aromatic heterocycles. The maximum absolute atomic E-state index is 11.0. The van der Waals surface area contributed by atoms with E-state index in [-0.39, 0.29) is 35.2 Å². The molecule has 0 saturated heterocycles. The predicted molar refractivity (Wildman–Crippen MR) is 70.1 cm³/mol. The zero-order chi connectivity index (χ0) is 13.8. The van der Waals surface area contributed by atoms with Gasteiger partial charge in [0, 0.05) is 12.6 Å². The van der Waals surface area contributed by atoms with Crippen molar-refractivity contribution in [2.75, 3.05) is 11.9 Å². The molecule has 102 valence electrons. The quantitative estimate of drug-likeness (QED) is 0.370. The molecule has 1 aliphatic rings. The average molecular weight is 285 g/mol. The SMILES string of the molecule is O=[N+]([O-])c1c(Cl)ncnc1N[C@H]1CC=C[C@@H]1CCO. The predicted octanol–water partition coefficient (Wildman–Crippen LogP) is 1.78. The fourth-order valence-electron chi connectivity index (χ4n) is 2.12. The first-order valence-corrected chi connectivity index (χ1v) is 6.20. The van der Waals surface area contributed by atoms with Crippen molar-refractivity contribution in [3.8, 4) is 0 Å². The van der Waals surface area contributed by atoms with Gasteiger partial charge in [-0.2, -0.15) is 0 Å². The molecule has 2 N–H and O–H groups in total. The van der Waals surface area contributed by atoms with Gasteiger partial charge in [-0.05, 0) is 18.8 Å². The lowest BCUT2D eigenvalue weighted by Crippen LogP contribution is -2.26. The van der Waals surface area contributed by atoms with Crippen LogP contribution in [0.3, 0.4) is 0 Å². The van der Waals surface area contributed by atoms with Crippen molar-refractivity contribution in [1.82, 2.24) is 9.97 Å². The molecule has 2 atom stereocenters. The zero-order valence-corrected chi connectivity index (χ0v) is 10.7. The minimum atomic E-state index is -0.603. The summed E-state index contributed by atoms with van der Waals surface area (Å²) in [4.78, 5) is 17.9. The molecule has 8 heteroatoms. The van der Waals surface area contributed by atoms with Crippen LogP contribution >= 0.6 is 11.6 Å². The van der Waals surface area contributed by atoms with Gasteiger partial charge in [0.2, 0.25) is 11.0 Å². The Hall–Kier alpha value is -1.73. The first kappa shape index (κ1) is 13.7. The van der Waals surface area contributed by atoms with Gasteiger partial charge in [-0.25, -0.2) is 9.97 Å². The minimum absolute atomic E-state index is 0.0307. The van der Waals surface area contributed by atoms with Crippen molar-refractivity contribution in [3.05, 3.63) is 33.7 Å². The summed E-state index contributed by atoms with van der Waals surface area (Å²) in [6, 6.07) is -0.0307. The number of nitrogens with one attached hydrogen (secondary N) is 1. The Bertz CT molecular complexity index is 509. The molecule has 0 unspecified atom stereocenters. The monoisotopic (exact) mass is 284 g/mol. The van der Waals surface area contributed by atoms with Gasteiger partial charge in [-0.3, -0.25) is 10.1 Å². The van der Waals surface area contributed by atoms with E-state index < -0.39 is 4.92 Å². The summed E-state index contributed by atoms with van der Waals surface area (Å²) in [5.74, 6) is 0.236. The number of aliphatic hydroxyl groups is 1. The van der Waals surface area contributed by atoms with E-state index in [0.29, 0.717) is 6.42 Å². The molecule has 0 saturated carbocycles. The lowest BCUT2D eigenvalue weighted by molar-refractivity contribution is -0.384. The van der Waals surface area contributed by atoms with Crippen LogP contribution in [0.4, 0.5) is 11.5 Å².